The van der Waals surface area contributed by atoms with Crippen LogP contribution < -0.4 is 11.5 Å². The van der Waals surface area contributed by atoms with Crippen LogP contribution in [0, 0.1) is 13.8 Å². The van der Waals surface area contributed by atoms with Crippen molar-refractivity contribution in [2.75, 3.05) is 13.2 Å². The maximum atomic E-state index is 10.4. The van der Waals surface area contributed by atoms with Gasteiger partial charge < -0.3 is 21.7 Å². The molecule has 0 radical (unpaired) electrons. The highest BCUT2D eigenvalue weighted by Crippen LogP contribution is 2.33. The largest absolute Gasteiger partial charge is 0.401 e. The predicted octanol–water partition coefficient (Wildman–Crippen LogP) is 3.12. The van der Waals surface area contributed by atoms with Crippen molar-refractivity contribution in [1.29, 1.82) is 0 Å². The van der Waals surface area contributed by atoms with Crippen molar-refractivity contribution in [2.24, 2.45) is 16.5 Å². The number of hydrogen-bond acceptors (Lipinski definition) is 5. The van der Waals surface area contributed by atoms with Crippen molar-refractivity contribution in [3.63, 3.8) is 0 Å². The van der Waals surface area contributed by atoms with Gasteiger partial charge in [0.05, 0.1) is 17.9 Å². The zero-order chi connectivity index (χ0) is 18.3. The molecule has 0 bridgehead atoms. The Bertz CT molecular complexity index is 623. The van der Waals surface area contributed by atoms with E-state index in [2.05, 4.69) is 0 Å². The molecule has 25 heavy (non-hydrogen) atoms. The molecular weight excluding hydrogens is 314 g/mol. The number of aryl methyl sites for hydroxylation is 1. The number of rotatable bonds is 3. The average molecular weight is 350 g/mol. The minimum Gasteiger partial charge on any atom is -0.401 e. The Morgan fingerprint density at radius 1 is 1.28 bits per heavy atom. The molecule has 1 aliphatic rings. The second-order valence-corrected chi connectivity index (χ2v) is 6.04. The van der Waals surface area contributed by atoms with Gasteiger partial charge in [0.25, 0.3) is 0 Å². The Labute approximate surface area is 152 Å². The van der Waals surface area contributed by atoms with Crippen molar-refractivity contribution < 1.29 is 10.2 Å². The average Bonchev–Trinajstić information content (AvgIpc) is 2.60. The molecule has 0 aliphatic heterocycles. The Morgan fingerprint density at radius 2 is 1.92 bits per heavy atom. The van der Waals surface area contributed by atoms with Crippen molar-refractivity contribution in [2.45, 2.75) is 60.0 Å². The summed E-state index contributed by atoms with van der Waals surface area (Å²) in [4.78, 5) is 4.72. The third-order valence-electron chi connectivity index (χ3n) is 4.42. The van der Waals surface area contributed by atoms with Crippen LogP contribution in [0.15, 0.2) is 34.5 Å². The predicted molar refractivity (Wildman–Crippen MR) is 107 cm³/mol. The number of allylic oxidation sites excluding steroid dienone is 1. The summed E-state index contributed by atoms with van der Waals surface area (Å²) in [6, 6.07) is 5.94. The second-order valence-electron chi connectivity index (χ2n) is 6.04. The smallest absolute Gasteiger partial charge is 0.0935 e. The van der Waals surface area contributed by atoms with Crippen LogP contribution in [-0.2, 0) is 0 Å². The van der Waals surface area contributed by atoms with Gasteiger partial charge in [-0.3, -0.25) is 4.99 Å². The summed E-state index contributed by atoms with van der Waals surface area (Å²) >= 11 is 0. The minimum atomic E-state index is -1.13. The first kappa shape index (κ1) is 23.3. The summed E-state index contributed by atoms with van der Waals surface area (Å²) in [5.74, 6) is 0. The van der Waals surface area contributed by atoms with Crippen LogP contribution in [0.2, 0.25) is 0 Å². The zero-order valence-corrected chi connectivity index (χ0v) is 15.3. The number of aliphatic hydroxyl groups is 2. The van der Waals surface area contributed by atoms with E-state index >= 15 is 0 Å². The van der Waals surface area contributed by atoms with Gasteiger partial charge in [-0.25, -0.2) is 0 Å². The number of nitrogens with zero attached hydrogens (tertiary/aromatic N) is 1. The fourth-order valence-electron chi connectivity index (χ4n) is 2.72. The summed E-state index contributed by atoms with van der Waals surface area (Å²) in [7, 11) is 0. The van der Waals surface area contributed by atoms with Crippen LogP contribution in [0.25, 0.3) is 0 Å². The van der Waals surface area contributed by atoms with Gasteiger partial charge in [0.15, 0.2) is 0 Å². The summed E-state index contributed by atoms with van der Waals surface area (Å²) in [6.07, 6.45) is 1.32. The van der Waals surface area contributed by atoms with Gasteiger partial charge in [-0.15, -0.1) is 0 Å². The van der Waals surface area contributed by atoms with Gasteiger partial charge in [-0.2, -0.15) is 0 Å². The molecule has 1 aliphatic carbocycles. The first-order chi connectivity index (χ1) is 11.4. The molecule has 1 aromatic rings. The molecule has 5 nitrogen and oxygen atoms in total. The Hall–Kier alpha value is -1.69. The molecule has 6 N–H and O–H groups in total. The molecule has 0 saturated heterocycles. The van der Waals surface area contributed by atoms with Crippen LogP contribution in [0.4, 0.5) is 5.69 Å². The number of benzene rings is 1. The van der Waals surface area contributed by atoms with E-state index < -0.39 is 5.60 Å². The van der Waals surface area contributed by atoms with E-state index in [4.69, 9.17) is 16.5 Å². The summed E-state index contributed by atoms with van der Waals surface area (Å²) < 4.78 is 0. The van der Waals surface area contributed by atoms with Crippen molar-refractivity contribution in [3.05, 3.63) is 40.6 Å². The maximum Gasteiger partial charge on any atom is 0.0935 e. The SMILES string of the molecule is C.CC.Cc1cccc(N=C2CC(O)(CO)CC/C2=C(/N)CN)c1C. The molecule has 1 unspecified atom stereocenters. The van der Waals surface area contributed by atoms with E-state index in [0.717, 1.165) is 28.1 Å². The second kappa shape index (κ2) is 10.3. The third kappa shape index (κ3) is 5.66. The Kier molecular flexibility index (Phi) is 9.64. The lowest BCUT2D eigenvalue weighted by molar-refractivity contribution is -0.0178. The molecule has 1 atom stereocenters. The molecule has 0 amide bonds. The van der Waals surface area contributed by atoms with Gasteiger partial charge in [0.1, 0.15) is 0 Å². The van der Waals surface area contributed by atoms with E-state index in [1.54, 1.807) is 0 Å². The van der Waals surface area contributed by atoms with Gasteiger partial charge in [0, 0.05) is 24.4 Å². The summed E-state index contributed by atoms with van der Waals surface area (Å²) in [5, 5.41) is 19.8. The van der Waals surface area contributed by atoms with Crippen LogP contribution in [-0.4, -0.2) is 34.7 Å². The fraction of sp³-hybridized carbons (Fsp3) is 0.550. The number of aliphatic hydroxyl groups excluding tert-OH is 1. The minimum absolute atomic E-state index is 0. The molecule has 1 fully saturated rings. The first-order valence-corrected chi connectivity index (χ1v) is 8.55. The monoisotopic (exact) mass is 349 g/mol. The summed E-state index contributed by atoms with van der Waals surface area (Å²) in [5.41, 5.74) is 15.9. The highest BCUT2D eigenvalue weighted by molar-refractivity contribution is 6.03. The van der Waals surface area contributed by atoms with Gasteiger partial charge in [-0.1, -0.05) is 33.4 Å². The normalized spacial score (nSPS) is 23.4. The number of nitrogens with two attached hydrogens (primary N) is 2. The molecule has 1 aromatic carbocycles. The first-order valence-electron chi connectivity index (χ1n) is 8.55. The van der Waals surface area contributed by atoms with E-state index in [1.807, 2.05) is 45.9 Å². The highest BCUT2D eigenvalue weighted by Gasteiger charge is 2.35. The molecule has 0 aromatic heterocycles. The molecule has 1 saturated carbocycles. The van der Waals surface area contributed by atoms with E-state index in [0.29, 0.717) is 18.5 Å². The quantitative estimate of drug-likeness (QED) is 0.673. The standard InChI is InChI=1S/C17H25N3O2.C2H6.CH4/c1-11-4-3-5-15(12(11)2)20-16-8-17(22,10-21)7-6-13(16)14(19)9-18;1-2;/h3-5,21-22H,6-10,18-19H2,1-2H3;1-2H3;1H4/b14-13-,20-16?;;. The Balaban J connectivity index is 0.00000185. The summed E-state index contributed by atoms with van der Waals surface area (Å²) in [6.45, 7) is 8.04. The fourth-order valence-corrected chi connectivity index (χ4v) is 2.72. The highest BCUT2D eigenvalue weighted by atomic mass is 16.3. The van der Waals surface area contributed by atoms with Crippen LogP contribution in [0.3, 0.4) is 0 Å². The topological polar surface area (TPSA) is 105 Å². The molecule has 0 heterocycles. The van der Waals surface area contributed by atoms with Gasteiger partial charge in [0.2, 0.25) is 0 Å². The lowest BCUT2D eigenvalue weighted by Gasteiger charge is -2.33. The van der Waals surface area contributed by atoms with Crippen molar-refractivity contribution in [3.8, 4) is 0 Å². The van der Waals surface area contributed by atoms with Crippen molar-refractivity contribution >= 4 is 11.4 Å². The van der Waals surface area contributed by atoms with E-state index in [-0.39, 0.29) is 27.0 Å². The van der Waals surface area contributed by atoms with Crippen LogP contribution in [0.1, 0.15) is 51.7 Å². The maximum absolute atomic E-state index is 10.4. The molecule has 5 heteroatoms. The van der Waals surface area contributed by atoms with E-state index in [1.165, 1.54) is 0 Å². The number of hydrogen-bond donors (Lipinski definition) is 4. The van der Waals surface area contributed by atoms with Gasteiger partial charge >= 0.3 is 0 Å². The zero-order valence-electron chi connectivity index (χ0n) is 15.3. The van der Waals surface area contributed by atoms with Crippen LogP contribution >= 0.6 is 0 Å². The molecule has 2 rings (SSSR count). The Morgan fingerprint density at radius 3 is 2.48 bits per heavy atom. The van der Waals surface area contributed by atoms with E-state index in [9.17, 15) is 10.2 Å². The molecule has 0 spiro atoms. The van der Waals surface area contributed by atoms with Crippen molar-refractivity contribution in [1.82, 2.24) is 0 Å². The molecular formula is C20H35N3O2. The van der Waals surface area contributed by atoms with Gasteiger partial charge in [-0.05, 0) is 49.5 Å². The lowest BCUT2D eigenvalue weighted by atomic mass is 9.80. The molecule has 142 valence electrons. The third-order valence-corrected chi connectivity index (χ3v) is 4.42. The lowest BCUT2D eigenvalue weighted by Crippen LogP contribution is -2.41. The number of aliphatic imine (C=N–C) groups is 1. The van der Waals surface area contributed by atoms with Crippen LogP contribution in [0.5, 0.6) is 0 Å².